The Labute approximate surface area is 215 Å². The summed E-state index contributed by atoms with van der Waals surface area (Å²) in [5.41, 5.74) is 3.11. The van der Waals surface area contributed by atoms with Crippen LogP contribution in [0.5, 0.6) is 11.5 Å². The number of nitrogens with one attached hydrogen (secondary N) is 2. The van der Waals surface area contributed by atoms with E-state index in [1.165, 1.54) is 25.5 Å². The van der Waals surface area contributed by atoms with Crippen molar-refractivity contribution >= 4 is 12.2 Å². The molecule has 3 aromatic carbocycles. The van der Waals surface area contributed by atoms with Gasteiger partial charge in [0.15, 0.2) is 0 Å². The second-order valence-corrected chi connectivity index (χ2v) is 7.87. The van der Waals surface area contributed by atoms with Crippen molar-refractivity contribution < 1.29 is 22.6 Å². The van der Waals surface area contributed by atoms with E-state index in [4.69, 9.17) is 9.47 Å². The van der Waals surface area contributed by atoms with Crippen molar-refractivity contribution in [1.29, 1.82) is 5.26 Å². The SMILES string of the molecule is COc1ccc(C=NNc2nc(-c3ccccc3)c(C#N)c(=O)[nH]2)cc1COc1cccc(C(F)(F)F)c1. The lowest BCUT2D eigenvalue weighted by atomic mass is 10.1. The first-order valence-electron chi connectivity index (χ1n) is 11.1. The predicted octanol–water partition coefficient (Wildman–Crippen LogP) is 5.36. The zero-order chi connectivity index (χ0) is 27.1. The average molecular weight is 519 g/mol. The van der Waals surface area contributed by atoms with E-state index >= 15 is 0 Å². The third kappa shape index (κ3) is 6.17. The van der Waals surface area contributed by atoms with Crippen LogP contribution in [-0.4, -0.2) is 23.3 Å². The van der Waals surface area contributed by atoms with E-state index < -0.39 is 17.3 Å². The molecule has 0 atom stereocenters. The van der Waals surface area contributed by atoms with Gasteiger partial charge in [0.1, 0.15) is 29.7 Å². The van der Waals surface area contributed by atoms with Crippen LogP contribution in [-0.2, 0) is 12.8 Å². The second-order valence-electron chi connectivity index (χ2n) is 7.87. The number of nitriles is 1. The Balaban J connectivity index is 1.51. The molecule has 0 amide bonds. The van der Waals surface area contributed by atoms with Crippen molar-refractivity contribution in [3.05, 3.63) is 105 Å². The molecule has 0 aliphatic carbocycles. The Morgan fingerprint density at radius 3 is 2.61 bits per heavy atom. The quantitative estimate of drug-likeness (QED) is 0.239. The van der Waals surface area contributed by atoms with E-state index in [1.54, 1.807) is 48.5 Å². The summed E-state index contributed by atoms with van der Waals surface area (Å²) in [4.78, 5) is 19.2. The first-order chi connectivity index (χ1) is 18.3. The van der Waals surface area contributed by atoms with Gasteiger partial charge in [0.25, 0.3) is 5.56 Å². The van der Waals surface area contributed by atoms with Gasteiger partial charge >= 0.3 is 6.18 Å². The van der Waals surface area contributed by atoms with Gasteiger partial charge in [0.05, 0.1) is 24.6 Å². The molecule has 8 nitrogen and oxygen atoms in total. The molecule has 2 N–H and O–H groups in total. The third-order valence-electron chi connectivity index (χ3n) is 5.32. The fourth-order valence-corrected chi connectivity index (χ4v) is 3.52. The number of anilines is 1. The van der Waals surface area contributed by atoms with Gasteiger partial charge in [-0.3, -0.25) is 9.78 Å². The fourth-order valence-electron chi connectivity index (χ4n) is 3.52. The van der Waals surface area contributed by atoms with Gasteiger partial charge in [-0.05, 0) is 42.0 Å². The Hall–Kier alpha value is -5.11. The summed E-state index contributed by atoms with van der Waals surface area (Å²) in [6.07, 6.45) is -3.02. The van der Waals surface area contributed by atoms with Gasteiger partial charge in [-0.2, -0.15) is 23.5 Å². The van der Waals surface area contributed by atoms with Crippen LogP contribution < -0.4 is 20.5 Å². The van der Waals surface area contributed by atoms with Gasteiger partial charge in [0, 0.05) is 11.1 Å². The van der Waals surface area contributed by atoms with Gasteiger partial charge in [-0.25, -0.2) is 10.4 Å². The number of methoxy groups -OCH3 is 1. The standard InChI is InChI=1S/C27H20F3N5O3/c1-37-23-11-10-17(12-19(23)16-38-21-9-5-8-20(13-21)27(28,29)30)15-32-35-26-33-24(18-6-3-2-4-7-18)22(14-31)25(36)34-26/h2-13,15H,16H2,1H3,(H2,33,34,35,36). The van der Waals surface area contributed by atoms with E-state index in [-0.39, 0.29) is 29.6 Å². The molecule has 1 aromatic heterocycles. The van der Waals surface area contributed by atoms with Crippen LogP contribution in [0.2, 0.25) is 0 Å². The van der Waals surface area contributed by atoms with E-state index in [9.17, 15) is 23.2 Å². The molecule has 0 fully saturated rings. The monoisotopic (exact) mass is 519 g/mol. The molecule has 0 aliphatic rings. The van der Waals surface area contributed by atoms with Crippen LogP contribution in [0.15, 0.2) is 82.7 Å². The number of aromatic amines is 1. The number of benzene rings is 3. The number of ether oxygens (including phenoxy) is 2. The summed E-state index contributed by atoms with van der Waals surface area (Å²) in [5, 5.41) is 13.5. The van der Waals surface area contributed by atoms with Crippen LogP contribution in [0.4, 0.5) is 19.1 Å². The normalized spacial score (nSPS) is 11.2. The summed E-state index contributed by atoms with van der Waals surface area (Å²) in [6, 6.07) is 20.4. The minimum absolute atomic E-state index is 0.0331. The van der Waals surface area contributed by atoms with Crippen molar-refractivity contribution in [3.8, 4) is 28.8 Å². The number of nitrogens with zero attached hydrogens (tertiary/aromatic N) is 3. The molecular formula is C27H20F3N5O3. The number of aromatic nitrogens is 2. The highest BCUT2D eigenvalue weighted by atomic mass is 19.4. The molecule has 0 bridgehead atoms. The van der Waals surface area contributed by atoms with E-state index in [0.29, 0.717) is 22.4 Å². The Morgan fingerprint density at radius 2 is 1.89 bits per heavy atom. The van der Waals surface area contributed by atoms with Gasteiger partial charge in [-0.1, -0.05) is 36.4 Å². The molecule has 0 spiro atoms. The maximum atomic E-state index is 13.0. The number of rotatable bonds is 8. The highest BCUT2D eigenvalue weighted by Crippen LogP contribution is 2.32. The number of hydrazone groups is 1. The van der Waals surface area contributed by atoms with Crippen molar-refractivity contribution in [2.24, 2.45) is 5.10 Å². The van der Waals surface area contributed by atoms with Gasteiger partial charge in [-0.15, -0.1) is 0 Å². The molecule has 38 heavy (non-hydrogen) atoms. The van der Waals surface area contributed by atoms with E-state index in [2.05, 4.69) is 20.5 Å². The van der Waals surface area contributed by atoms with Crippen LogP contribution in [0.25, 0.3) is 11.3 Å². The lowest BCUT2D eigenvalue weighted by Gasteiger charge is -2.13. The first kappa shape index (κ1) is 26.0. The number of halogens is 3. The summed E-state index contributed by atoms with van der Waals surface area (Å²) in [7, 11) is 1.47. The Kier molecular flexibility index (Phi) is 7.72. The van der Waals surface area contributed by atoms with Crippen molar-refractivity contribution in [2.45, 2.75) is 12.8 Å². The Morgan fingerprint density at radius 1 is 1.11 bits per heavy atom. The fraction of sp³-hybridized carbons (Fsp3) is 0.111. The number of alkyl halides is 3. The Bertz CT molecular complexity index is 1560. The molecule has 0 saturated carbocycles. The third-order valence-corrected chi connectivity index (χ3v) is 5.32. The van der Waals surface area contributed by atoms with Crippen LogP contribution in [0, 0.1) is 11.3 Å². The van der Waals surface area contributed by atoms with E-state index in [1.807, 2.05) is 6.07 Å². The molecule has 11 heteroatoms. The minimum Gasteiger partial charge on any atom is -0.496 e. The molecule has 0 radical (unpaired) electrons. The van der Waals surface area contributed by atoms with Crippen molar-refractivity contribution in [2.75, 3.05) is 12.5 Å². The summed E-state index contributed by atoms with van der Waals surface area (Å²) < 4.78 is 49.8. The van der Waals surface area contributed by atoms with Gasteiger partial charge in [0.2, 0.25) is 5.95 Å². The number of hydrogen-bond acceptors (Lipinski definition) is 7. The van der Waals surface area contributed by atoms with Crippen LogP contribution in [0.3, 0.4) is 0 Å². The molecule has 0 saturated heterocycles. The number of hydrogen-bond donors (Lipinski definition) is 2. The van der Waals surface area contributed by atoms with Crippen molar-refractivity contribution in [3.63, 3.8) is 0 Å². The molecule has 0 aliphatic heterocycles. The molecular weight excluding hydrogens is 499 g/mol. The highest BCUT2D eigenvalue weighted by molar-refractivity contribution is 5.81. The summed E-state index contributed by atoms with van der Waals surface area (Å²) in [5.74, 6) is 0.575. The van der Waals surface area contributed by atoms with E-state index in [0.717, 1.165) is 12.1 Å². The average Bonchev–Trinajstić information content (AvgIpc) is 2.92. The summed E-state index contributed by atoms with van der Waals surface area (Å²) >= 11 is 0. The first-order valence-corrected chi connectivity index (χ1v) is 11.1. The smallest absolute Gasteiger partial charge is 0.416 e. The largest absolute Gasteiger partial charge is 0.496 e. The lowest BCUT2D eigenvalue weighted by molar-refractivity contribution is -0.137. The maximum absolute atomic E-state index is 13.0. The van der Waals surface area contributed by atoms with Crippen LogP contribution >= 0.6 is 0 Å². The minimum atomic E-state index is -4.48. The molecule has 4 aromatic rings. The lowest BCUT2D eigenvalue weighted by Crippen LogP contribution is -2.16. The van der Waals surface area contributed by atoms with Crippen LogP contribution in [0.1, 0.15) is 22.3 Å². The molecule has 4 rings (SSSR count). The molecule has 1 heterocycles. The van der Waals surface area contributed by atoms with Crippen molar-refractivity contribution in [1.82, 2.24) is 9.97 Å². The second kappa shape index (κ2) is 11.3. The molecule has 192 valence electrons. The predicted molar refractivity (Wildman–Crippen MR) is 135 cm³/mol. The molecule has 0 unspecified atom stereocenters. The highest BCUT2D eigenvalue weighted by Gasteiger charge is 2.30. The zero-order valence-electron chi connectivity index (χ0n) is 19.9. The topological polar surface area (TPSA) is 112 Å². The zero-order valence-corrected chi connectivity index (χ0v) is 19.9. The number of H-pyrrole nitrogens is 1. The maximum Gasteiger partial charge on any atom is 0.416 e. The summed E-state index contributed by atoms with van der Waals surface area (Å²) in [6.45, 7) is -0.0511. The van der Waals surface area contributed by atoms with Gasteiger partial charge < -0.3 is 9.47 Å².